The van der Waals surface area contributed by atoms with Crippen LogP contribution in [0.5, 0.6) is 0 Å². The van der Waals surface area contributed by atoms with Crippen molar-refractivity contribution in [3.63, 3.8) is 0 Å². The number of nitrogens with one attached hydrogen (secondary N) is 2. The summed E-state index contributed by atoms with van der Waals surface area (Å²) in [5, 5.41) is 30.8. The lowest BCUT2D eigenvalue weighted by molar-refractivity contribution is -0.167. The predicted octanol–water partition coefficient (Wildman–Crippen LogP) is 9.78. The summed E-state index contributed by atoms with van der Waals surface area (Å²) in [6, 6.07) is 0.288. The summed E-state index contributed by atoms with van der Waals surface area (Å²) in [5.41, 5.74) is 0.852. The van der Waals surface area contributed by atoms with Crippen molar-refractivity contribution in [1.82, 2.24) is 10.6 Å². The molecule has 8 nitrogen and oxygen atoms in total. The van der Waals surface area contributed by atoms with Crippen LogP contribution in [0.4, 0.5) is 0 Å². The lowest BCUT2D eigenvalue weighted by Gasteiger charge is -2.62. The van der Waals surface area contributed by atoms with Crippen LogP contribution in [0.25, 0.3) is 0 Å². The van der Waals surface area contributed by atoms with Crippen LogP contribution >= 0.6 is 0 Å². The highest BCUT2D eigenvalue weighted by atomic mass is 16.5. The average Bonchev–Trinajstić information content (AvgIpc) is 3.76. The first kappa shape index (κ1) is 44.5. The molecule has 4 unspecified atom stereocenters. The van der Waals surface area contributed by atoms with E-state index in [4.69, 9.17) is 4.74 Å². The Hall–Kier alpha value is -1.67. The summed E-state index contributed by atoms with van der Waals surface area (Å²) in [6.45, 7) is 15.5. The van der Waals surface area contributed by atoms with Crippen molar-refractivity contribution in [2.75, 3.05) is 6.61 Å². The molecule has 61 heavy (non-hydrogen) atoms. The lowest BCUT2D eigenvalue weighted by Crippen LogP contribution is -2.59. The summed E-state index contributed by atoms with van der Waals surface area (Å²) >= 11 is 0. The summed E-state index contributed by atoms with van der Waals surface area (Å²) < 4.78 is 5.94. The van der Waals surface area contributed by atoms with Crippen LogP contribution in [-0.4, -0.2) is 58.9 Å². The van der Waals surface area contributed by atoms with Crippen LogP contribution in [-0.2, 0) is 19.1 Å². The van der Waals surface area contributed by atoms with Crippen molar-refractivity contribution in [2.45, 2.75) is 214 Å². The summed E-state index contributed by atoms with van der Waals surface area (Å²) in [5.74, 6) is 6.05. The fourth-order valence-corrected chi connectivity index (χ4v) is 19.1. The third-order valence-corrected chi connectivity index (χ3v) is 22.3. The standard InChI is InChI=1S/C53H86N2O6/c1-31-9-8-26-61-47(60)17-12-32(2)38-14-16-40-49-42(21-25-53(38,40)6)51(4)23-19-36(28-34(51)30-44(49)57)55-46(59)11-7-10-45(58)54-35-18-22-50(3)33(27-35)29-43(56)48-39-15-13-37(31)52(39,5)24-20-41(48)50/h31-44,48-49,56-57H,7-30H2,1-6H3,(H,54,58)(H,55,59)/t31-,32+,33?,34?,35-,36+,37-,38+,39+,40-,41+,42-,43+,44-,48?,49?,50+,51-,52-,53+/m0/s1. The maximum absolute atomic E-state index is 13.3. The van der Waals surface area contributed by atoms with Gasteiger partial charge in [-0.2, -0.15) is 0 Å². The van der Waals surface area contributed by atoms with Gasteiger partial charge in [0, 0.05) is 31.3 Å². The molecule has 4 N–H and O–H groups in total. The van der Waals surface area contributed by atoms with Crippen LogP contribution in [0.2, 0.25) is 0 Å². The maximum atomic E-state index is 13.3. The number of carbonyl (C=O) groups excluding carboxylic acids is 3. The molecule has 13 bridgehead atoms. The molecule has 11 fully saturated rings. The molecule has 20 atom stereocenters. The van der Waals surface area contributed by atoms with Gasteiger partial charge in [-0.05, 0) is 221 Å². The van der Waals surface area contributed by atoms with E-state index in [9.17, 15) is 24.6 Å². The van der Waals surface area contributed by atoms with E-state index in [0.717, 1.165) is 70.6 Å². The van der Waals surface area contributed by atoms with E-state index in [1.807, 2.05) is 0 Å². The quantitative estimate of drug-likeness (QED) is 0.180. The van der Waals surface area contributed by atoms with E-state index < -0.39 is 0 Å². The molecule has 0 spiro atoms. The first-order chi connectivity index (χ1) is 29.0. The summed E-state index contributed by atoms with van der Waals surface area (Å²) in [7, 11) is 0. The van der Waals surface area contributed by atoms with Crippen molar-refractivity contribution in [3.8, 4) is 0 Å². The monoisotopic (exact) mass is 847 g/mol. The summed E-state index contributed by atoms with van der Waals surface area (Å²) in [6.07, 6.45) is 21.6. The van der Waals surface area contributed by atoms with Gasteiger partial charge in [-0.25, -0.2) is 0 Å². The Labute approximate surface area is 369 Å². The van der Waals surface area contributed by atoms with Gasteiger partial charge in [0.05, 0.1) is 18.8 Å². The molecule has 0 aromatic heterocycles. The van der Waals surface area contributed by atoms with Crippen molar-refractivity contribution in [3.05, 3.63) is 0 Å². The second-order valence-corrected chi connectivity index (χ2v) is 24.8. The number of aliphatic hydroxyl groups excluding tert-OH is 2. The molecule has 3 aliphatic heterocycles. The molecule has 0 aromatic rings. The zero-order chi connectivity index (χ0) is 43.1. The van der Waals surface area contributed by atoms with Crippen molar-refractivity contribution >= 4 is 17.8 Å². The van der Waals surface area contributed by atoms with E-state index in [1.54, 1.807) is 0 Å². The Kier molecular flexibility index (Phi) is 12.4. The molecule has 11 rings (SSSR count). The van der Waals surface area contributed by atoms with Crippen LogP contribution in [0.15, 0.2) is 0 Å². The Bertz CT molecular complexity index is 1640. The summed E-state index contributed by atoms with van der Waals surface area (Å²) in [4.78, 5) is 39.8. The molecule has 8 saturated carbocycles. The highest BCUT2D eigenvalue weighted by molar-refractivity contribution is 5.79. The fraction of sp³-hybridized carbons (Fsp3) is 0.943. The van der Waals surface area contributed by atoms with Crippen molar-refractivity contribution in [2.24, 2.45) is 92.7 Å². The van der Waals surface area contributed by atoms with E-state index in [1.165, 1.54) is 51.4 Å². The van der Waals surface area contributed by atoms with E-state index in [-0.39, 0.29) is 63.7 Å². The molecule has 0 aromatic carbocycles. The smallest absolute Gasteiger partial charge is 0.305 e. The third-order valence-electron chi connectivity index (χ3n) is 22.3. The zero-order valence-corrected chi connectivity index (χ0v) is 39.2. The number of fused-ring (bicyclic) bond motifs is 3. The van der Waals surface area contributed by atoms with Gasteiger partial charge in [0.1, 0.15) is 0 Å². The average molecular weight is 847 g/mol. The molecule has 8 aliphatic carbocycles. The zero-order valence-electron chi connectivity index (χ0n) is 39.2. The molecule has 0 radical (unpaired) electrons. The SMILES string of the molecule is C[C@@H]1CCC(=O)OCCC[C@H](C)[C@@H]2CC[C@@H]3C4[C@H](O)CC5C[C@H](CC[C@@]5(C)[C@@H]4CC[C@]32C)NC(=O)CCCC(=O)N[C@@H]2CC[C@@]3(C)C(C2)C[C@H](O)C2[C@@H]4CC[C@H]1[C@@]4(C)CC[C@@H]23. The van der Waals surface area contributed by atoms with E-state index >= 15 is 0 Å². The van der Waals surface area contributed by atoms with E-state index in [0.29, 0.717) is 103 Å². The fourth-order valence-electron chi connectivity index (χ4n) is 19.1. The molecule has 8 heteroatoms. The molecular weight excluding hydrogens is 761 g/mol. The Morgan fingerprint density at radius 3 is 1.41 bits per heavy atom. The van der Waals surface area contributed by atoms with Crippen LogP contribution in [0, 0.1) is 92.7 Å². The van der Waals surface area contributed by atoms with Gasteiger partial charge in [0.2, 0.25) is 11.8 Å². The number of aliphatic hydroxyl groups is 2. The van der Waals surface area contributed by atoms with Crippen LogP contribution < -0.4 is 10.6 Å². The second-order valence-electron chi connectivity index (χ2n) is 24.8. The number of hydrogen-bond acceptors (Lipinski definition) is 6. The molecule has 3 saturated heterocycles. The predicted molar refractivity (Wildman–Crippen MR) is 239 cm³/mol. The Morgan fingerprint density at radius 1 is 0.492 bits per heavy atom. The minimum atomic E-state index is -0.290. The number of hydrogen-bond donors (Lipinski definition) is 4. The number of rotatable bonds is 0. The Balaban J connectivity index is 0.882. The third kappa shape index (κ3) is 7.77. The normalized spacial score (nSPS) is 53.4. The highest BCUT2D eigenvalue weighted by Crippen LogP contribution is 2.70. The van der Waals surface area contributed by atoms with Crippen LogP contribution in [0.3, 0.4) is 0 Å². The number of carbonyl (C=O) groups is 3. The maximum Gasteiger partial charge on any atom is 0.305 e. The van der Waals surface area contributed by atoms with Gasteiger partial charge in [-0.1, -0.05) is 41.5 Å². The largest absolute Gasteiger partial charge is 0.466 e. The number of amides is 2. The highest BCUT2D eigenvalue weighted by Gasteiger charge is 2.65. The number of esters is 1. The second kappa shape index (κ2) is 17.0. The first-order valence-electron chi connectivity index (χ1n) is 26.2. The molecule has 2 amide bonds. The van der Waals surface area contributed by atoms with Crippen molar-refractivity contribution in [1.29, 1.82) is 0 Å². The topological polar surface area (TPSA) is 125 Å². The lowest BCUT2D eigenvalue weighted by atomic mass is 9.43. The number of ether oxygens (including phenoxy) is 1. The van der Waals surface area contributed by atoms with Gasteiger partial charge in [-0.15, -0.1) is 0 Å². The van der Waals surface area contributed by atoms with Gasteiger partial charge in [-0.3, -0.25) is 14.4 Å². The minimum Gasteiger partial charge on any atom is -0.466 e. The van der Waals surface area contributed by atoms with Gasteiger partial charge in [0.15, 0.2) is 0 Å². The minimum absolute atomic E-state index is 0.0331. The van der Waals surface area contributed by atoms with E-state index in [2.05, 4.69) is 52.2 Å². The first-order valence-corrected chi connectivity index (χ1v) is 26.2. The molecule has 11 aliphatic rings. The van der Waals surface area contributed by atoms with Gasteiger partial charge >= 0.3 is 5.97 Å². The van der Waals surface area contributed by atoms with Crippen LogP contribution in [0.1, 0.15) is 189 Å². The molecule has 3 heterocycles. The molecular formula is C53H86N2O6. The Morgan fingerprint density at radius 2 is 0.918 bits per heavy atom. The van der Waals surface area contributed by atoms with Gasteiger partial charge in [0.25, 0.3) is 0 Å². The van der Waals surface area contributed by atoms with Gasteiger partial charge < -0.3 is 25.6 Å². The van der Waals surface area contributed by atoms with Crippen molar-refractivity contribution < 1.29 is 29.3 Å². The molecule has 344 valence electrons.